The van der Waals surface area contributed by atoms with Gasteiger partial charge >= 0.3 is 5.97 Å². The van der Waals surface area contributed by atoms with E-state index in [0.717, 1.165) is 82.4 Å². The summed E-state index contributed by atoms with van der Waals surface area (Å²) in [5.41, 5.74) is 3.32. The largest absolute Gasteiger partial charge is 0.466 e. The van der Waals surface area contributed by atoms with Crippen LogP contribution < -0.4 is 0 Å². The van der Waals surface area contributed by atoms with Crippen LogP contribution in [-0.2, 0) is 27.2 Å². The number of morpholine rings is 1. The Morgan fingerprint density at radius 1 is 1.16 bits per heavy atom. The number of aromatic nitrogens is 1. The molecule has 4 rings (SSSR count). The lowest BCUT2D eigenvalue weighted by Crippen LogP contribution is -2.42. The molecule has 0 radical (unpaired) electrons. The number of carbonyl (C=O) groups excluding carboxylic acids is 2. The zero-order valence-corrected chi connectivity index (χ0v) is 18.6. The maximum Gasteiger partial charge on any atom is 0.305 e. The van der Waals surface area contributed by atoms with E-state index in [1.165, 1.54) is 11.2 Å². The summed E-state index contributed by atoms with van der Waals surface area (Å²) in [4.78, 5) is 27.4. The number of carbonyl (C=O) groups is 2. The first-order chi connectivity index (χ1) is 15.2. The molecule has 1 fully saturated rings. The van der Waals surface area contributed by atoms with E-state index in [0.29, 0.717) is 18.8 Å². The van der Waals surface area contributed by atoms with Gasteiger partial charge in [-0.3, -0.25) is 14.5 Å². The molecule has 6 nitrogen and oxygen atoms in total. The molecule has 0 spiro atoms. The number of unbranched alkanes of at least 4 members (excludes halogenated alkanes) is 2. The molecule has 1 aromatic heterocycles. The van der Waals surface area contributed by atoms with Crippen LogP contribution in [0.1, 0.15) is 55.1 Å². The van der Waals surface area contributed by atoms with Crippen LogP contribution in [0, 0.1) is 5.92 Å². The summed E-state index contributed by atoms with van der Waals surface area (Å²) >= 11 is 0. The number of ketones is 1. The molecule has 1 saturated heterocycles. The minimum Gasteiger partial charge on any atom is -0.466 e. The highest BCUT2D eigenvalue weighted by Crippen LogP contribution is 2.35. The highest BCUT2D eigenvalue weighted by molar-refractivity contribution is 6.11. The third-order valence-electron chi connectivity index (χ3n) is 6.58. The number of benzene rings is 1. The first kappa shape index (κ1) is 22.0. The molecule has 1 aliphatic carbocycles. The van der Waals surface area contributed by atoms with E-state index in [1.54, 1.807) is 0 Å². The lowest BCUT2D eigenvalue weighted by atomic mass is 9.84. The van der Waals surface area contributed by atoms with Gasteiger partial charge in [0.25, 0.3) is 0 Å². The molecule has 1 unspecified atom stereocenters. The molecule has 0 bridgehead atoms. The molecule has 0 saturated carbocycles. The van der Waals surface area contributed by atoms with Crippen molar-refractivity contribution in [2.24, 2.45) is 5.92 Å². The van der Waals surface area contributed by atoms with Gasteiger partial charge in [-0.2, -0.15) is 0 Å². The normalized spacial score (nSPS) is 19.5. The van der Waals surface area contributed by atoms with Crippen molar-refractivity contribution in [2.75, 3.05) is 39.5 Å². The molecular weight excluding hydrogens is 392 g/mol. The topological polar surface area (TPSA) is 60.8 Å². The molecule has 0 N–H and O–H groups in total. The predicted octanol–water partition coefficient (Wildman–Crippen LogP) is 3.84. The molecule has 2 heterocycles. The Labute approximate surface area is 184 Å². The molecule has 31 heavy (non-hydrogen) atoms. The van der Waals surface area contributed by atoms with Crippen LogP contribution in [0.25, 0.3) is 10.9 Å². The summed E-state index contributed by atoms with van der Waals surface area (Å²) in [5, 5.41) is 1.10. The number of fused-ring (bicyclic) bond motifs is 3. The first-order valence-corrected chi connectivity index (χ1v) is 11.8. The Hall–Kier alpha value is -2.18. The summed E-state index contributed by atoms with van der Waals surface area (Å²) < 4.78 is 12.8. The van der Waals surface area contributed by atoms with Crippen molar-refractivity contribution in [3.8, 4) is 0 Å². The lowest BCUT2D eigenvalue weighted by Gasteiger charge is -2.31. The van der Waals surface area contributed by atoms with E-state index in [4.69, 9.17) is 9.47 Å². The van der Waals surface area contributed by atoms with Crippen LogP contribution in [-0.4, -0.2) is 60.7 Å². The number of hydrogen-bond acceptors (Lipinski definition) is 5. The van der Waals surface area contributed by atoms with Gasteiger partial charge in [-0.15, -0.1) is 0 Å². The lowest BCUT2D eigenvalue weighted by molar-refractivity contribution is -0.143. The zero-order valence-electron chi connectivity index (χ0n) is 18.6. The van der Waals surface area contributed by atoms with E-state index in [1.807, 2.05) is 13.0 Å². The van der Waals surface area contributed by atoms with Gasteiger partial charge in [0.2, 0.25) is 0 Å². The Morgan fingerprint density at radius 3 is 2.77 bits per heavy atom. The van der Waals surface area contributed by atoms with E-state index in [9.17, 15) is 9.59 Å². The second-order valence-corrected chi connectivity index (χ2v) is 8.62. The fourth-order valence-corrected chi connectivity index (χ4v) is 5.01. The second kappa shape index (κ2) is 10.4. The molecule has 1 aliphatic heterocycles. The van der Waals surface area contributed by atoms with Gasteiger partial charge in [0, 0.05) is 60.7 Å². The first-order valence-electron chi connectivity index (χ1n) is 11.8. The second-order valence-electron chi connectivity index (χ2n) is 8.62. The van der Waals surface area contributed by atoms with Gasteiger partial charge in [0.15, 0.2) is 5.78 Å². The Kier molecular flexibility index (Phi) is 7.41. The van der Waals surface area contributed by atoms with Crippen molar-refractivity contribution in [1.29, 1.82) is 0 Å². The zero-order chi connectivity index (χ0) is 21.6. The van der Waals surface area contributed by atoms with Gasteiger partial charge in [-0.25, -0.2) is 0 Å². The summed E-state index contributed by atoms with van der Waals surface area (Å²) in [5.74, 6) is 0.280. The Bertz CT molecular complexity index is 914. The van der Waals surface area contributed by atoms with Gasteiger partial charge in [0.05, 0.1) is 19.8 Å². The smallest absolute Gasteiger partial charge is 0.305 e. The minimum atomic E-state index is -0.108. The molecule has 168 valence electrons. The molecule has 1 aromatic carbocycles. The third kappa shape index (κ3) is 5.01. The predicted molar refractivity (Wildman–Crippen MR) is 120 cm³/mol. The minimum absolute atomic E-state index is 0.0782. The number of nitrogens with zero attached hydrogens (tertiary/aromatic N) is 2. The van der Waals surface area contributed by atoms with Crippen LogP contribution in [0.3, 0.4) is 0 Å². The highest BCUT2D eigenvalue weighted by atomic mass is 16.5. The van der Waals surface area contributed by atoms with E-state index in [-0.39, 0.29) is 11.9 Å². The molecule has 0 amide bonds. The van der Waals surface area contributed by atoms with Gasteiger partial charge in [-0.1, -0.05) is 24.6 Å². The fourth-order valence-electron chi connectivity index (χ4n) is 5.01. The van der Waals surface area contributed by atoms with Crippen LogP contribution in [0.4, 0.5) is 0 Å². The quantitative estimate of drug-likeness (QED) is 0.450. The average Bonchev–Trinajstić information content (AvgIpc) is 3.11. The molecular formula is C25H34N2O4. The van der Waals surface area contributed by atoms with E-state index >= 15 is 0 Å². The van der Waals surface area contributed by atoms with Crippen molar-refractivity contribution in [1.82, 2.24) is 9.47 Å². The number of Topliss-reactive ketones (excluding diaryl/α,β-unsaturated/α-hetero) is 1. The van der Waals surface area contributed by atoms with Crippen molar-refractivity contribution in [3.05, 3.63) is 35.5 Å². The van der Waals surface area contributed by atoms with Crippen LogP contribution in [0.5, 0.6) is 0 Å². The van der Waals surface area contributed by atoms with Gasteiger partial charge < -0.3 is 14.0 Å². The number of hydrogen-bond donors (Lipinski definition) is 0. The monoisotopic (exact) mass is 426 g/mol. The average molecular weight is 427 g/mol. The number of rotatable bonds is 9. The highest BCUT2D eigenvalue weighted by Gasteiger charge is 2.33. The number of para-hydroxylation sites is 1. The van der Waals surface area contributed by atoms with Crippen LogP contribution >= 0.6 is 0 Å². The van der Waals surface area contributed by atoms with E-state index in [2.05, 4.69) is 27.7 Å². The number of esters is 1. The number of aryl methyl sites for hydroxylation is 1. The summed E-state index contributed by atoms with van der Waals surface area (Å²) in [7, 11) is 0. The van der Waals surface area contributed by atoms with Crippen molar-refractivity contribution >= 4 is 22.7 Å². The SMILES string of the molecule is CCOC(=O)CCCCCn1c2c(c3ccccc31)C(=O)C(CN1CCOCC1)CC2. The summed E-state index contributed by atoms with van der Waals surface area (Å²) in [6.07, 6.45) is 5.18. The summed E-state index contributed by atoms with van der Waals surface area (Å²) in [6, 6.07) is 8.32. The summed E-state index contributed by atoms with van der Waals surface area (Å²) in [6.45, 7) is 7.39. The van der Waals surface area contributed by atoms with Gasteiger partial charge in [0.1, 0.15) is 0 Å². The van der Waals surface area contributed by atoms with Crippen molar-refractivity contribution in [2.45, 2.75) is 52.0 Å². The Morgan fingerprint density at radius 2 is 1.97 bits per heavy atom. The third-order valence-corrected chi connectivity index (χ3v) is 6.58. The number of ether oxygens (including phenoxy) is 2. The molecule has 2 aliphatic rings. The maximum atomic E-state index is 13.5. The molecule has 1 atom stereocenters. The van der Waals surface area contributed by atoms with Crippen molar-refractivity contribution in [3.63, 3.8) is 0 Å². The van der Waals surface area contributed by atoms with Crippen LogP contribution in [0.15, 0.2) is 24.3 Å². The van der Waals surface area contributed by atoms with Crippen LogP contribution in [0.2, 0.25) is 0 Å². The van der Waals surface area contributed by atoms with Crippen molar-refractivity contribution < 1.29 is 19.1 Å². The maximum absolute atomic E-state index is 13.5. The molecule has 6 heteroatoms. The Balaban J connectivity index is 1.45. The van der Waals surface area contributed by atoms with Gasteiger partial charge in [-0.05, 0) is 38.7 Å². The fraction of sp³-hybridized carbons (Fsp3) is 0.600. The standard InChI is InChI=1S/C25H34N2O4/c1-2-31-23(28)10-4-3-7-13-27-21-9-6-5-8-20(21)24-22(27)12-11-19(25(24)29)18-26-14-16-30-17-15-26/h5-6,8-9,19H,2-4,7,10-18H2,1H3. The van der Waals surface area contributed by atoms with E-state index < -0.39 is 0 Å². The molecule has 2 aromatic rings.